The molecule has 132 valence electrons. The maximum absolute atomic E-state index is 12.7. The number of hydrogen-bond acceptors (Lipinski definition) is 4. The minimum Gasteiger partial charge on any atom is -0.478 e. The van der Waals surface area contributed by atoms with E-state index in [0.29, 0.717) is 27.8 Å². The number of benzene rings is 2. The highest BCUT2D eigenvalue weighted by atomic mass is 16.4. The van der Waals surface area contributed by atoms with Gasteiger partial charge in [-0.2, -0.15) is 0 Å². The van der Waals surface area contributed by atoms with Gasteiger partial charge >= 0.3 is 5.97 Å². The van der Waals surface area contributed by atoms with Gasteiger partial charge < -0.3 is 5.11 Å². The summed E-state index contributed by atoms with van der Waals surface area (Å²) in [6, 6.07) is 15.0. The number of para-hydroxylation sites is 1. The molecule has 2 heterocycles. The Morgan fingerprint density at radius 3 is 2.59 bits per heavy atom. The monoisotopic (exact) mass is 358 g/mol. The smallest absolute Gasteiger partial charge is 0.335 e. The number of amides is 1. The van der Waals surface area contributed by atoms with Crippen LogP contribution in [0.2, 0.25) is 0 Å². The van der Waals surface area contributed by atoms with Crippen molar-refractivity contribution in [3.63, 3.8) is 0 Å². The summed E-state index contributed by atoms with van der Waals surface area (Å²) in [5.41, 5.74) is 2.58. The Morgan fingerprint density at radius 1 is 1.07 bits per heavy atom. The molecular formula is C21H14N2O4. The first kappa shape index (κ1) is 16.7. The van der Waals surface area contributed by atoms with Gasteiger partial charge in [0.2, 0.25) is 11.7 Å². The summed E-state index contributed by atoms with van der Waals surface area (Å²) < 4.78 is 0. The zero-order valence-corrected chi connectivity index (χ0v) is 14.3. The number of carboxylic acid groups (broad SMARTS) is 1. The maximum Gasteiger partial charge on any atom is 0.335 e. The molecule has 0 unspecified atom stereocenters. The molecule has 1 amide bonds. The molecule has 0 spiro atoms. The van der Waals surface area contributed by atoms with E-state index in [1.165, 1.54) is 17.9 Å². The van der Waals surface area contributed by atoms with Crippen molar-refractivity contribution in [3.05, 3.63) is 77.1 Å². The molecule has 6 nitrogen and oxygen atoms in total. The fraction of sp³-hybridized carbons (Fsp3) is 0.0476. The molecule has 0 radical (unpaired) electrons. The fourth-order valence-electron chi connectivity index (χ4n) is 3.19. The summed E-state index contributed by atoms with van der Waals surface area (Å²) in [6.07, 6.45) is 1.58. The van der Waals surface area contributed by atoms with E-state index in [1.807, 2.05) is 0 Å². The van der Waals surface area contributed by atoms with Crippen LogP contribution in [0.5, 0.6) is 0 Å². The lowest BCUT2D eigenvalue weighted by Crippen LogP contribution is -2.25. The predicted octanol–water partition coefficient (Wildman–Crippen LogP) is 3.52. The van der Waals surface area contributed by atoms with Crippen LogP contribution in [0, 0.1) is 0 Å². The Bertz CT molecular complexity index is 1160. The number of ketones is 1. The Labute approximate surface area is 154 Å². The van der Waals surface area contributed by atoms with Gasteiger partial charge in [0.05, 0.1) is 28.2 Å². The minimum atomic E-state index is -1.01. The van der Waals surface area contributed by atoms with Crippen LogP contribution in [0.3, 0.4) is 0 Å². The molecule has 6 heteroatoms. The van der Waals surface area contributed by atoms with E-state index in [9.17, 15) is 14.4 Å². The van der Waals surface area contributed by atoms with E-state index in [-0.39, 0.29) is 23.0 Å². The highest BCUT2D eigenvalue weighted by Crippen LogP contribution is 2.35. The molecule has 0 aliphatic carbocycles. The molecule has 2 aromatic carbocycles. The molecule has 1 aromatic heterocycles. The summed E-state index contributed by atoms with van der Waals surface area (Å²) in [5, 5.41) is 9.76. The first-order valence-electron chi connectivity index (χ1n) is 8.26. The molecule has 0 saturated heterocycles. The normalized spacial score (nSPS) is 14.6. The highest BCUT2D eigenvalue weighted by molar-refractivity contribution is 6.26. The predicted molar refractivity (Wildman–Crippen MR) is 101 cm³/mol. The van der Waals surface area contributed by atoms with Gasteiger partial charge in [-0.15, -0.1) is 0 Å². The number of aromatic nitrogens is 1. The van der Waals surface area contributed by atoms with E-state index in [4.69, 9.17) is 5.11 Å². The van der Waals surface area contributed by atoms with Crippen LogP contribution in [-0.2, 0) is 4.79 Å². The number of allylic oxidation sites excluding steroid dienone is 1. The zero-order valence-electron chi connectivity index (χ0n) is 14.3. The second-order valence-corrected chi connectivity index (χ2v) is 6.18. The first-order valence-corrected chi connectivity index (χ1v) is 8.26. The number of pyridine rings is 1. The molecule has 3 aromatic rings. The summed E-state index contributed by atoms with van der Waals surface area (Å²) >= 11 is 0. The lowest BCUT2D eigenvalue weighted by molar-refractivity contribution is -0.116. The average molecular weight is 358 g/mol. The fourth-order valence-corrected chi connectivity index (χ4v) is 3.19. The first-order chi connectivity index (χ1) is 13.0. The summed E-state index contributed by atoms with van der Waals surface area (Å²) in [4.78, 5) is 41.8. The average Bonchev–Trinajstić information content (AvgIpc) is 2.93. The number of rotatable bonds is 2. The molecule has 0 saturated carbocycles. The third-order valence-electron chi connectivity index (χ3n) is 4.42. The molecule has 27 heavy (non-hydrogen) atoms. The largest absolute Gasteiger partial charge is 0.478 e. The lowest BCUT2D eigenvalue weighted by Gasteiger charge is -2.15. The lowest BCUT2D eigenvalue weighted by atomic mass is 10.1. The van der Waals surface area contributed by atoms with E-state index in [2.05, 4.69) is 4.98 Å². The van der Waals surface area contributed by atoms with Crippen molar-refractivity contribution < 1.29 is 19.5 Å². The number of hydrogen-bond donors (Lipinski definition) is 1. The van der Waals surface area contributed by atoms with Crippen LogP contribution >= 0.6 is 0 Å². The Kier molecular flexibility index (Phi) is 3.81. The number of Topliss-reactive ketones (excluding diaryl/α,β-unsaturated/α-hetero) is 1. The van der Waals surface area contributed by atoms with Gasteiger partial charge in [0, 0.05) is 17.9 Å². The van der Waals surface area contributed by atoms with Gasteiger partial charge in [0.15, 0.2) is 0 Å². The molecule has 0 atom stereocenters. The van der Waals surface area contributed by atoms with Gasteiger partial charge in [-0.3, -0.25) is 14.5 Å². The maximum atomic E-state index is 12.7. The standard InChI is InChI=1S/C21H14N2O4/c1-12(24)23-18-5-3-2-4-16(18)20(25)19(23)11-15-8-6-13-10-14(21(26)27)7-9-17(13)22-15/h2-11H,1H3,(H,26,27)/b19-11+. The number of nitrogens with zero attached hydrogens (tertiary/aromatic N) is 2. The van der Waals surface area contributed by atoms with Crippen LogP contribution in [0.4, 0.5) is 5.69 Å². The number of fused-ring (bicyclic) bond motifs is 2. The van der Waals surface area contributed by atoms with Gasteiger partial charge in [0.1, 0.15) is 0 Å². The number of carbonyl (C=O) groups excluding carboxylic acids is 2. The Balaban J connectivity index is 1.81. The number of anilines is 1. The third-order valence-corrected chi connectivity index (χ3v) is 4.42. The minimum absolute atomic E-state index is 0.180. The van der Waals surface area contributed by atoms with Crippen molar-refractivity contribution in [3.8, 4) is 0 Å². The second-order valence-electron chi connectivity index (χ2n) is 6.18. The number of carboxylic acids is 1. The van der Waals surface area contributed by atoms with Crippen molar-refractivity contribution in [2.75, 3.05) is 4.90 Å². The zero-order chi connectivity index (χ0) is 19.1. The summed E-state index contributed by atoms with van der Waals surface area (Å²) in [5.74, 6) is -1.50. The summed E-state index contributed by atoms with van der Waals surface area (Å²) in [7, 11) is 0. The highest BCUT2D eigenvalue weighted by Gasteiger charge is 2.34. The van der Waals surface area contributed by atoms with Crippen LogP contribution in [0.25, 0.3) is 17.0 Å². The molecule has 1 N–H and O–H groups in total. The van der Waals surface area contributed by atoms with Gasteiger partial charge in [0.25, 0.3) is 0 Å². The van der Waals surface area contributed by atoms with E-state index in [0.717, 1.165) is 0 Å². The second kappa shape index (κ2) is 6.17. The molecule has 0 fully saturated rings. The Morgan fingerprint density at radius 2 is 1.85 bits per heavy atom. The van der Waals surface area contributed by atoms with Crippen molar-refractivity contribution in [2.24, 2.45) is 0 Å². The molecule has 0 bridgehead atoms. The van der Waals surface area contributed by atoms with E-state index >= 15 is 0 Å². The van der Waals surface area contributed by atoms with Crippen molar-refractivity contribution in [1.29, 1.82) is 0 Å². The number of carbonyl (C=O) groups is 3. The molecule has 1 aliphatic heterocycles. The van der Waals surface area contributed by atoms with E-state index in [1.54, 1.807) is 54.6 Å². The van der Waals surface area contributed by atoms with Crippen LogP contribution in [-0.4, -0.2) is 27.8 Å². The Hall–Kier alpha value is -3.80. The third kappa shape index (κ3) is 2.77. The van der Waals surface area contributed by atoms with Crippen molar-refractivity contribution in [1.82, 2.24) is 4.98 Å². The van der Waals surface area contributed by atoms with Crippen LogP contribution in [0.1, 0.15) is 33.3 Å². The van der Waals surface area contributed by atoms with Crippen molar-refractivity contribution >= 4 is 40.3 Å². The summed E-state index contributed by atoms with van der Waals surface area (Å²) in [6.45, 7) is 1.41. The van der Waals surface area contributed by atoms with Crippen LogP contribution in [0.15, 0.2) is 60.3 Å². The van der Waals surface area contributed by atoms with Gasteiger partial charge in [-0.1, -0.05) is 18.2 Å². The SMILES string of the molecule is CC(=O)N1/C(=C/c2ccc3cc(C(=O)O)ccc3n2)C(=O)c2ccccc21. The van der Waals surface area contributed by atoms with Crippen LogP contribution < -0.4 is 4.90 Å². The van der Waals surface area contributed by atoms with Crippen molar-refractivity contribution in [2.45, 2.75) is 6.92 Å². The quantitative estimate of drug-likeness (QED) is 0.708. The topological polar surface area (TPSA) is 87.6 Å². The van der Waals surface area contributed by atoms with E-state index < -0.39 is 5.97 Å². The molecular weight excluding hydrogens is 344 g/mol. The molecule has 4 rings (SSSR count). The van der Waals surface area contributed by atoms with Gasteiger partial charge in [-0.25, -0.2) is 9.78 Å². The van der Waals surface area contributed by atoms with Gasteiger partial charge in [-0.05, 0) is 42.5 Å². The molecule has 1 aliphatic rings. The number of aromatic carboxylic acids is 1.